The fourth-order valence-corrected chi connectivity index (χ4v) is 1.69. The van der Waals surface area contributed by atoms with Gasteiger partial charge in [-0.2, -0.15) is 5.10 Å². The zero-order valence-corrected chi connectivity index (χ0v) is 12.1. The van der Waals surface area contributed by atoms with Crippen LogP contribution in [0.2, 0.25) is 0 Å². The van der Waals surface area contributed by atoms with Crippen molar-refractivity contribution in [2.24, 2.45) is 5.10 Å². The molecule has 23 heavy (non-hydrogen) atoms. The van der Waals surface area contributed by atoms with Gasteiger partial charge in [0.15, 0.2) is 0 Å². The summed E-state index contributed by atoms with van der Waals surface area (Å²) in [6.07, 6.45) is 1.44. The third-order valence-electron chi connectivity index (χ3n) is 2.86. The van der Waals surface area contributed by atoms with Gasteiger partial charge in [0, 0.05) is 11.6 Å². The maximum absolute atomic E-state index is 13.5. The van der Waals surface area contributed by atoms with E-state index in [4.69, 9.17) is 4.42 Å². The van der Waals surface area contributed by atoms with Crippen molar-refractivity contribution in [2.45, 2.75) is 13.5 Å². The summed E-state index contributed by atoms with van der Waals surface area (Å²) in [4.78, 5) is 23.1. The van der Waals surface area contributed by atoms with Crippen molar-refractivity contribution >= 4 is 17.5 Å². The van der Waals surface area contributed by atoms with Gasteiger partial charge < -0.3 is 9.73 Å². The molecule has 0 radical (unpaired) electrons. The van der Waals surface area contributed by atoms with Gasteiger partial charge in [0.2, 0.25) is 0 Å². The molecule has 2 aromatic rings. The molecular weight excluding hydrogens is 308 g/mol. The number of amides is 2. The van der Waals surface area contributed by atoms with E-state index in [0.29, 0.717) is 11.8 Å². The lowest BCUT2D eigenvalue weighted by atomic mass is 10.1. The molecule has 8 heteroatoms. The molecule has 0 saturated heterocycles. The molecule has 0 fully saturated rings. The Morgan fingerprint density at radius 1 is 1.22 bits per heavy atom. The molecule has 120 valence electrons. The molecule has 0 saturated carbocycles. The largest absolute Gasteiger partial charge is 0.467 e. The van der Waals surface area contributed by atoms with E-state index in [1.54, 1.807) is 12.1 Å². The molecular formula is C15H13F2N3O3. The van der Waals surface area contributed by atoms with Crippen LogP contribution in [0, 0.1) is 11.6 Å². The predicted molar refractivity (Wildman–Crippen MR) is 77.3 cm³/mol. The van der Waals surface area contributed by atoms with E-state index in [9.17, 15) is 18.4 Å². The van der Waals surface area contributed by atoms with E-state index < -0.39 is 23.4 Å². The van der Waals surface area contributed by atoms with Gasteiger partial charge in [0.25, 0.3) is 0 Å². The van der Waals surface area contributed by atoms with Gasteiger partial charge in [-0.3, -0.25) is 9.59 Å². The molecule has 2 rings (SSSR count). The average Bonchev–Trinajstić information content (AvgIpc) is 3.03. The van der Waals surface area contributed by atoms with Crippen LogP contribution in [0.15, 0.2) is 46.1 Å². The number of hydrogen-bond acceptors (Lipinski definition) is 4. The van der Waals surface area contributed by atoms with Gasteiger partial charge in [-0.05, 0) is 31.2 Å². The topological polar surface area (TPSA) is 83.7 Å². The van der Waals surface area contributed by atoms with Crippen LogP contribution in [0.25, 0.3) is 0 Å². The third kappa shape index (κ3) is 4.47. The summed E-state index contributed by atoms with van der Waals surface area (Å²) in [7, 11) is 0. The third-order valence-corrected chi connectivity index (χ3v) is 2.86. The second-order valence-electron chi connectivity index (χ2n) is 4.52. The molecule has 0 unspecified atom stereocenters. The maximum atomic E-state index is 13.5. The van der Waals surface area contributed by atoms with Crippen molar-refractivity contribution in [1.29, 1.82) is 0 Å². The van der Waals surface area contributed by atoms with Crippen LogP contribution >= 0.6 is 0 Å². The second-order valence-corrected chi connectivity index (χ2v) is 4.52. The van der Waals surface area contributed by atoms with Crippen LogP contribution in [0.3, 0.4) is 0 Å². The number of hydrazone groups is 1. The number of rotatable bonds is 4. The first-order valence-electron chi connectivity index (χ1n) is 6.57. The number of halogens is 2. The van der Waals surface area contributed by atoms with Crippen molar-refractivity contribution < 1.29 is 22.8 Å². The summed E-state index contributed by atoms with van der Waals surface area (Å²) in [6, 6.07) is 6.23. The number of furan rings is 1. The lowest BCUT2D eigenvalue weighted by Crippen LogP contribution is -2.37. The van der Waals surface area contributed by atoms with Crippen LogP contribution in [0.1, 0.15) is 18.2 Å². The van der Waals surface area contributed by atoms with Gasteiger partial charge in [-0.25, -0.2) is 14.2 Å². The zero-order valence-electron chi connectivity index (χ0n) is 12.1. The number of nitrogens with zero attached hydrogens (tertiary/aromatic N) is 1. The number of nitrogens with one attached hydrogen (secondary N) is 2. The minimum Gasteiger partial charge on any atom is -0.467 e. The van der Waals surface area contributed by atoms with Crippen LogP contribution in [-0.2, 0) is 16.1 Å². The van der Waals surface area contributed by atoms with Crippen LogP contribution in [0.5, 0.6) is 0 Å². The molecule has 0 aliphatic rings. The minimum absolute atomic E-state index is 0.0164. The Bertz CT molecular complexity index is 742. The fraction of sp³-hybridized carbons (Fsp3) is 0.133. The van der Waals surface area contributed by atoms with E-state index in [-0.39, 0.29) is 17.8 Å². The van der Waals surface area contributed by atoms with Crippen LogP contribution < -0.4 is 10.7 Å². The van der Waals surface area contributed by atoms with Gasteiger partial charge in [0.1, 0.15) is 17.4 Å². The monoisotopic (exact) mass is 321 g/mol. The van der Waals surface area contributed by atoms with E-state index >= 15 is 0 Å². The van der Waals surface area contributed by atoms with Gasteiger partial charge >= 0.3 is 11.8 Å². The Hall–Kier alpha value is -3.03. The molecule has 1 heterocycles. The van der Waals surface area contributed by atoms with E-state index in [0.717, 1.165) is 6.07 Å². The van der Waals surface area contributed by atoms with Crippen LogP contribution in [0.4, 0.5) is 8.78 Å². The first-order valence-corrected chi connectivity index (χ1v) is 6.57. The number of carbonyl (C=O) groups excluding carboxylic acids is 2. The number of hydrogen-bond donors (Lipinski definition) is 2. The lowest BCUT2D eigenvalue weighted by Gasteiger charge is -2.04. The molecule has 1 aromatic heterocycles. The first kappa shape index (κ1) is 16.3. The Balaban J connectivity index is 1.92. The Labute approximate surface area is 130 Å². The van der Waals surface area contributed by atoms with E-state index in [1.165, 1.54) is 19.3 Å². The summed E-state index contributed by atoms with van der Waals surface area (Å²) in [6.45, 7) is 1.46. The summed E-state index contributed by atoms with van der Waals surface area (Å²) in [5, 5.41) is 5.95. The minimum atomic E-state index is -1.02. The molecule has 1 aromatic carbocycles. The molecule has 0 bridgehead atoms. The van der Waals surface area contributed by atoms with Crippen molar-refractivity contribution in [1.82, 2.24) is 10.7 Å². The number of carbonyl (C=O) groups is 2. The highest BCUT2D eigenvalue weighted by Crippen LogP contribution is 2.10. The molecule has 6 nitrogen and oxygen atoms in total. The van der Waals surface area contributed by atoms with E-state index in [1.807, 2.05) is 5.43 Å². The highest BCUT2D eigenvalue weighted by molar-refractivity contribution is 6.35. The Morgan fingerprint density at radius 2 is 2.00 bits per heavy atom. The Kier molecular flexibility index (Phi) is 5.19. The molecule has 2 amide bonds. The average molecular weight is 321 g/mol. The zero-order chi connectivity index (χ0) is 16.8. The first-order chi connectivity index (χ1) is 11.0. The van der Waals surface area contributed by atoms with Crippen molar-refractivity contribution in [2.75, 3.05) is 0 Å². The van der Waals surface area contributed by atoms with E-state index in [2.05, 4.69) is 10.4 Å². The number of benzene rings is 1. The maximum Gasteiger partial charge on any atom is 0.329 e. The van der Waals surface area contributed by atoms with Gasteiger partial charge in [-0.15, -0.1) is 0 Å². The molecule has 0 aliphatic carbocycles. The van der Waals surface area contributed by atoms with Gasteiger partial charge in [-0.1, -0.05) is 0 Å². The van der Waals surface area contributed by atoms with Gasteiger partial charge in [0.05, 0.1) is 18.5 Å². The summed E-state index contributed by atoms with van der Waals surface area (Å²) < 4.78 is 31.4. The lowest BCUT2D eigenvalue weighted by molar-refractivity contribution is -0.139. The highest BCUT2D eigenvalue weighted by atomic mass is 19.1. The Morgan fingerprint density at radius 3 is 2.65 bits per heavy atom. The standard InChI is InChI=1S/C15H13F2N3O3/c1-9(12-5-4-10(16)7-13(12)17)19-20-15(22)14(21)18-8-11-3-2-6-23-11/h2-7H,8H2,1H3,(H,18,21)(H,20,22)/b19-9-. The molecule has 2 N–H and O–H groups in total. The molecule has 0 spiro atoms. The smallest absolute Gasteiger partial charge is 0.329 e. The predicted octanol–water partition coefficient (Wildman–Crippen LogP) is 1.71. The van der Waals surface area contributed by atoms with Crippen LogP contribution in [-0.4, -0.2) is 17.5 Å². The molecule has 0 aliphatic heterocycles. The van der Waals surface area contributed by atoms with Crippen molar-refractivity contribution in [3.05, 3.63) is 59.6 Å². The van der Waals surface area contributed by atoms with Crippen molar-refractivity contribution in [3.63, 3.8) is 0 Å². The quantitative estimate of drug-likeness (QED) is 0.511. The van der Waals surface area contributed by atoms with Crippen molar-refractivity contribution in [3.8, 4) is 0 Å². The second kappa shape index (κ2) is 7.30. The highest BCUT2D eigenvalue weighted by Gasteiger charge is 2.14. The normalized spacial score (nSPS) is 11.2. The molecule has 0 atom stereocenters. The summed E-state index contributed by atoms with van der Waals surface area (Å²) >= 11 is 0. The summed E-state index contributed by atoms with van der Waals surface area (Å²) in [5.74, 6) is -2.99. The SMILES string of the molecule is C/C(=N/NC(=O)C(=O)NCc1ccco1)c1ccc(F)cc1F. The fourth-order valence-electron chi connectivity index (χ4n) is 1.69. The summed E-state index contributed by atoms with van der Waals surface area (Å²) in [5.41, 5.74) is 2.11.